The van der Waals surface area contributed by atoms with Gasteiger partial charge in [-0.05, 0) is 47.1 Å². The van der Waals surface area contributed by atoms with Gasteiger partial charge in [0.05, 0.1) is 9.73 Å². The van der Waals surface area contributed by atoms with Gasteiger partial charge in [0.1, 0.15) is 16.5 Å². The molecule has 0 aromatic heterocycles. The summed E-state index contributed by atoms with van der Waals surface area (Å²) in [7, 11) is 0. The predicted octanol–water partition coefficient (Wildman–Crippen LogP) is 2.77. The molecule has 1 saturated heterocycles. The SMILES string of the molecule is CC1=C2C(=O)N(C(C)(C)C(=O)OC(C)(C)C)C(=O)NC2SC1Br. The van der Waals surface area contributed by atoms with E-state index in [-0.39, 0.29) is 9.53 Å². The largest absolute Gasteiger partial charge is 0.458 e. The fourth-order valence-electron chi connectivity index (χ4n) is 2.40. The van der Waals surface area contributed by atoms with Gasteiger partial charge >= 0.3 is 12.0 Å². The van der Waals surface area contributed by atoms with E-state index in [1.807, 2.05) is 6.92 Å². The zero-order valence-electron chi connectivity index (χ0n) is 14.0. The van der Waals surface area contributed by atoms with E-state index in [2.05, 4.69) is 21.2 Å². The lowest BCUT2D eigenvalue weighted by Gasteiger charge is -2.40. The third-order valence-corrected chi connectivity index (χ3v) is 6.18. The van der Waals surface area contributed by atoms with Crippen LogP contribution in [-0.2, 0) is 14.3 Å². The second-order valence-electron chi connectivity index (χ2n) is 7.08. The van der Waals surface area contributed by atoms with Gasteiger partial charge in [-0.1, -0.05) is 15.9 Å². The molecule has 0 radical (unpaired) electrons. The third-order valence-electron chi connectivity index (χ3n) is 3.63. The minimum Gasteiger partial charge on any atom is -0.458 e. The molecule has 0 saturated carbocycles. The first kappa shape index (κ1) is 18.3. The van der Waals surface area contributed by atoms with Gasteiger partial charge in [-0.2, -0.15) is 0 Å². The summed E-state index contributed by atoms with van der Waals surface area (Å²) in [5, 5.41) is 2.39. The number of amides is 3. The van der Waals surface area contributed by atoms with Gasteiger partial charge in [0, 0.05) is 0 Å². The van der Waals surface area contributed by atoms with E-state index < -0.39 is 29.0 Å². The molecule has 3 amide bonds. The minimum atomic E-state index is -1.40. The number of ether oxygens (including phenoxy) is 1. The summed E-state index contributed by atoms with van der Waals surface area (Å²) >= 11 is 4.91. The molecule has 0 spiro atoms. The van der Waals surface area contributed by atoms with Crippen LogP contribution in [-0.4, -0.2) is 43.5 Å². The van der Waals surface area contributed by atoms with Crippen LogP contribution in [0.4, 0.5) is 4.79 Å². The average Bonchev–Trinajstić information content (AvgIpc) is 2.62. The molecule has 2 unspecified atom stereocenters. The summed E-state index contributed by atoms with van der Waals surface area (Å²) in [5.74, 6) is -1.06. The average molecular weight is 405 g/mol. The molecule has 23 heavy (non-hydrogen) atoms. The molecule has 1 N–H and O–H groups in total. The number of urea groups is 1. The smallest absolute Gasteiger partial charge is 0.332 e. The van der Waals surface area contributed by atoms with Gasteiger partial charge in [0.15, 0.2) is 0 Å². The molecule has 2 heterocycles. The van der Waals surface area contributed by atoms with Gasteiger partial charge in [-0.3, -0.25) is 4.79 Å². The van der Waals surface area contributed by atoms with Gasteiger partial charge < -0.3 is 10.1 Å². The van der Waals surface area contributed by atoms with Gasteiger partial charge in [0.25, 0.3) is 5.91 Å². The van der Waals surface area contributed by atoms with Crippen molar-refractivity contribution in [3.8, 4) is 0 Å². The van der Waals surface area contributed by atoms with Crippen molar-refractivity contribution in [2.45, 2.75) is 62.2 Å². The lowest BCUT2D eigenvalue weighted by Crippen LogP contribution is -2.64. The van der Waals surface area contributed by atoms with E-state index in [0.717, 1.165) is 10.5 Å². The van der Waals surface area contributed by atoms with Crippen LogP contribution < -0.4 is 5.32 Å². The van der Waals surface area contributed by atoms with Gasteiger partial charge in [0.2, 0.25) is 0 Å². The van der Waals surface area contributed by atoms with Crippen LogP contribution >= 0.6 is 27.7 Å². The van der Waals surface area contributed by atoms with Crippen LogP contribution in [0.3, 0.4) is 0 Å². The quantitative estimate of drug-likeness (QED) is 0.565. The van der Waals surface area contributed by atoms with E-state index in [4.69, 9.17) is 4.74 Å². The predicted molar refractivity (Wildman–Crippen MR) is 92.1 cm³/mol. The van der Waals surface area contributed by atoms with Crippen LogP contribution in [0.5, 0.6) is 0 Å². The molecule has 2 atom stereocenters. The Morgan fingerprint density at radius 3 is 2.35 bits per heavy atom. The summed E-state index contributed by atoms with van der Waals surface area (Å²) in [6.07, 6.45) is 0. The zero-order chi connectivity index (χ0) is 17.7. The number of thioether (sulfide) groups is 1. The number of halogens is 1. The van der Waals surface area contributed by atoms with Crippen molar-refractivity contribution in [2.75, 3.05) is 0 Å². The fourth-order valence-corrected chi connectivity index (χ4v) is 4.45. The van der Waals surface area contributed by atoms with Crippen molar-refractivity contribution in [1.29, 1.82) is 0 Å². The summed E-state index contributed by atoms with van der Waals surface area (Å²) in [5.41, 5.74) is -0.726. The number of carbonyl (C=O) groups is 3. The Hall–Kier alpha value is -1.02. The summed E-state index contributed by atoms with van der Waals surface area (Å²) in [4.78, 5) is 38.7. The lowest BCUT2D eigenvalue weighted by molar-refractivity contribution is -0.168. The number of alkyl halides is 1. The third kappa shape index (κ3) is 3.28. The number of imide groups is 1. The van der Waals surface area contributed by atoms with Gasteiger partial charge in [-0.25, -0.2) is 14.5 Å². The molecule has 128 valence electrons. The van der Waals surface area contributed by atoms with E-state index >= 15 is 0 Å². The van der Waals surface area contributed by atoms with Crippen molar-refractivity contribution >= 4 is 45.6 Å². The Balaban J connectivity index is 2.36. The molecule has 8 heteroatoms. The molecule has 2 aliphatic heterocycles. The first-order chi connectivity index (χ1) is 10.4. The highest BCUT2D eigenvalue weighted by atomic mass is 79.9. The fraction of sp³-hybridized carbons (Fsp3) is 0.667. The molecule has 0 aromatic rings. The highest BCUT2D eigenvalue weighted by Crippen LogP contribution is 2.44. The Morgan fingerprint density at radius 2 is 1.83 bits per heavy atom. The van der Waals surface area contributed by atoms with E-state index in [1.165, 1.54) is 25.6 Å². The second-order valence-corrected chi connectivity index (χ2v) is 9.82. The number of carbonyl (C=O) groups excluding carboxylic acids is 3. The first-order valence-electron chi connectivity index (χ1n) is 7.25. The van der Waals surface area contributed by atoms with E-state index in [9.17, 15) is 14.4 Å². The molecule has 0 aliphatic carbocycles. The van der Waals surface area contributed by atoms with Crippen molar-refractivity contribution in [2.24, 2.45) is 0 Å². The van der Waals surface area contributed by atoms with Crippen LogP contribution in [0.2, 0.25) is 0 Å². The number of hydrogen-bond acceptors (Lipinski definition) is 5. The lowest BCUT2D eigenvalue weighted by atomic mass is 9.98. The highest BCUT2D eigenvalue weighted by molar-refractivity contribution is 9.11. The summed E-state index contributed by atoms with van der Waals surface area (Å²) < 4.78 is 5.34. The minimum absolute atomic E-state index is 0.0312. The normalized spacial score (nSPS) is 25.4. The summed E-state index contributed by atoms with van der Waals surface area (Å²) in [6.45, 7) is 10.1. The van der Waals surface area contributed by atoms with Crippen molar-refractivity contribution in [3.05, 3.63) is 11.1 Å². The molecule has 2 aliphatic rings. The molecule has 1 fully saturated rings. The maximum Gasteiger partial charge on any atom is 0.332 e. The molecule has 6 nitrogen and oxygen atoms in total. The topological polar surface area (TPSA) is 75.7 Å². The van der Waals surface area contributed by atoms with Crippen molar-refractivity contribution < 1.29 is 19.1 Å². The van der Waals surface area contributed by atoms with Crippen LogP contribution in [0.1, 0.15) is 41.5 Å². The number of nitrogens with one attached hydrogen (secondary N) is 1. The molecule has 0 bridgehead atoms. The van der Waals surface area contributed by atoms with Crippen LogP contribution in [0.25, 0.3) is 0 Å². The number of rotatable bonds is 2. The van der Waals surface area contributed by atoms with Crippen LogP contribution in [0.15, 0.2) is 11.1 Å². The molecular weight excluding hydrogens is 384 g/mol. The van der Waals surface area contributed by atoms with Gasteiger partial charge in [-0.15, -0.1) is 11.8 Å². The number of fused-ring (bicyclic) bond motifs is 1. The Labute approximate surface area is 148 Å². The van der Waals surface area contributed by atoms with Crippen molar-refractivity contribution in [3.63, 3.8) is 0 Å². The Kier molecular flexibility index (Phi) is 4.62. The molecular formula is C15H21BrN2O4S. The monoisotopic (exact) mass is 404 g/mol. The van der Waals surface area contributed by atoms with Crippen molar-refractivity contribution in [1.82, 2.24) is 10.2 Å². The second kappa shape index (κ2) is 5.81. The van der Waals surface area contributed by atoms with E-state index in [0.29, 0.717) is 5.57 Å². The number of hydrogen-bond donors (Lipinski definition) is 1. The highest BCUT2D eigenvalue weighted by Gasteiger charge is 2.52. The summed E-state index contributed by atoms with van der Waals surface area (Å²) in [6, 6.07) is -0.582. The molecule has 0 aromatic carbocycles. The Bertz CT molecular complexity index is 609. The number of esters is 1. The maximum absolute atomic E-state index is 12.9. The van der Waals surface area contributed by atoms with E-state index in [1.54, 1.807) is 20.8 Å². The Morgan fingerprint density at radius 1 is 1.26 bits per heavy atom. The maximum atomic E-state index is 12.9. The first-order valence-corrected chi connectivity index (χ1v) is 9.11. The zero-order valence-corrected chi connectivity index (χ0v) is 16.4. The van der Waals surface area contributed by atoms with Crippen LogP contribution in [0, 0.1) is 0 Å². The standard InChI is InChI=1S/C15H21BrN2O4S/c1-7-8-10(23-9(7)16)17-13(21)18(11(8)19)15(5,6)12(20)22-14(2,3)4/h9-10H,1-6H3,(H,17,21). The number of nitrogens with zero attached hydrogens (tertiary/aromatic N) is 1. The molecule has 2 rings (SSSR count).